The highest BCUT2D eigenvalue weighted by Crippen LogP contribution is 2.02. The number of carbonyl (C=O) groups excluding carboxylic acids is 2. The van der Waals surface area contributed by atoms with E-state index in [4.69, 9.17) is 0 Å². The molecule has 0 heterocycles. The van der Waals surface area contributed by atoms with Crippen molar-refractivity contribution < 1.29 is 14.4 Å². The van der Waals surface area contributed by atoms with Crippen molar-refractivity contribution in [3.05, 3.63) is 0 Å². The van der Waals surface area contributed by atoms with Gasteiger partial charge in [-0.2, -0.15) is 5.48 Å². The van der Waals surface area contributed by atoms with Gasteiger partial charge in [0, 0.05) is 6.42 Å². The lowest BCUT2D eigenvalue weighted by Gasteiger charge is -1.99. The molecule has 0 saturated heterocycles. The highest BCUT2D eigenvalue weighted by Gasteiger charge is 2.00. The first-order chi connectivity index (χ1) is 5.81. The molecule has 0 rings (SSSR count). The summed E-state index contributed by atoms with van der Waals surface area (Å²) in [6, 6.07) is 0. The molecule has 0 aromatic rings. The predicted molar refractivity (Wildman–Crippen MR) is 51.3 cm³/mol. The molecular formula is C8H16ClNO3. The van der Waals surface area contributed by atoms with Crippen molar-refractivity contribution in [2.75, 3.05) is 0 Å². The van der Waals surface area contributed by atoms with Crippen LogP contribution in [0.5, 0.6) is 0 Å². The largest absolute Gasteiger partial charge is 0.341 e. The number of amides is 1. The Kier molecular flexibility index (Phi) is 12.7. The van der Waals surface area contributed by atoms with Crippen LogP contribution in [0.25, 0.3) is 0 Å². The second kappa shape index (κ2) is 11.2. The zero-order valence-corrected chi connectivity index (χ0v) is 8.56. The van der Waals surface area contributed by atoms with Crippen molar-refractivity contribution in [3.8, 4) is 0 Å². The molecule has 0 aromatic carbocycles. The van der Waals surface area contributed by atoms with E-state index >= 15 is 0 Å². The van der Waals surface area contributed by atoms with E-state index in [9.17, 15) is 9.59 Å². The Morgan fingerprint density at radius 2 is 2.08 bits per heavy atom. The highest BCUT2D eigenvalue weighted by atomic mass is 35.5. The first kappa shape index (κ1) is 14.7. The number of halogens is 1. The Labute approximate surface area is 84.4 Å². The zero-order valence-electron chi connectivity index (χ0n) is 7.75. The number of unbranched alkanes of at least 4 members (excludes halogenated alkanes) is 3. The maximum absolute atomic E-state index is 10.7. The van der Waals surface area contributed by atoms with Gasteiger partial charge in [0.15, 0.2) is 0 Å². The van der Waals surface area contributed by atoms with Gasteiger partial charge in [-0.25, -0.2) is 4.79 Å². The van der Waals surface area contributed by atoms with E-state index in [0.717, 1.165) is 25.7 Å². The molecule has 78 valence electrons. The fourth-order valence-electron chi connectivity index (χ4n) is 0.837. The second-order valence-electron chi connectivity index (χ2n) is 2.52. The molecule has 0 aliphatic rings. The van der Waals surface area contributed by atoms with Crippen LogP contribution in [0.2, 0.25) is 0 Å². The summed E-state index contributed by atoms with van der Waals surface area (Å²) in [4.78, 5) is 24.7. The van der Waals surface area contributed by atoms with Crippen molar-refractivity contribution in [2.45, 2.75) is 39.0 Å². The maximum Gasteiger partial charge on any atom is 0.332 e. The Morgan fingerprint density at radius 3 is 2.62 bits per heavy atom. The summed E-state index contributed by atoms with van der Waals surface area (Å²) in [6.07, 6.45) is 4.85. The Hall–Kier alpha value is -0.770. The molecule has 0 unspecified atom stereocenters. The lowest BCUT2D eigenvalue weighted by atomic mass is 10.2. The summed E-state index contributed by atoms with van der Waals surface area (Å²) in [6.45, 7) is 2.10. The van der Waals surface area contributed by atoms with Gasteiger partial charge in [0.2, 0.25) is 6.41 Å². The number of hydroxylamine groups is 1. The molecule has 0 aliphatic heterocycles. The van der Waals surface area contributed by atoms with Gasteiger partial charge in [-0.1, -0.05) is 26.2 Å². The fraction of sp³-hybridized carbons (Fsp3) is 0.750. The molecule has 5 heteroatoms. The van der Waals surface area contributed by atoms with E-state index in [0.29, 0.717) is 12.8 Å². The van der Waals surface area contributed by atoms with Crippen LogP contribution in [-0.4, -0.2) is 12.4 Å². The topological polar surface area (TPSA) is 55.4 Å². The van der Waals surface area contributed by atoms with Crippen molar-refractivity contribution in [2.24, 2.45) is 0 Å². The van der Waals surface area contributed by atoms with Gasteiger partial charge in [-0.15, -0.1) is 12.4 Å². The van der Waals surface area contributed by atoms with E-state index < -0.39 is 0 Å². The number of hydrogen-bond donors (Lipinski definition) is 1. The molecule has 0 aromatic heterocycles. The number of nitrogens with one attached hydrogen (secondary N) is 1. The average molecular weight is 210 g/mol. The molecule has 1 amide bonds. The summed E-state index contributed by atoms with van der Waals surface area (Å²) < 4.78 is 0. The Morgan fingerprint density at radius 1 is 1.38 bits per heavy atom. The summed E-state index contributed by atoms with van der Waals surface area (Å²) in [5.74, 6) is -0.377. The molecule has 0 atom stereocenters. The van der Waals surface area contributed by atoms with Crippen LogP contribution in [0.15, 0.2) is 0 Å². The fourth-order valence-corrected chi connectivity index (χ4v) is 0.837. The number of carbonyl (C=O) groups is 2. The van der Waals surface area contributed by atoms with Crippen LogP contribution in [0.3, 0.4) is 0 Å². The summed E-state index contributed by atoms with van der Waals surface area (Å²) >= 11 is 0. The lowest BCUT2D eigenvalue weighted by Crippen LogP contribution is -2.17. The molecule has 0 radical (unpaired) electrons. The Balaban J connectivity index is 0. The standard InChI is InChI=1S/C8H15NO3.ClH/c1-2-3-4-5-6-8(11)12-9-7-10;/h7H,2-6H2,1H3,(H,9,10);1H. The third kappa shape index (κ3) is 11.2. The van der Waals surface area contributed by atoms with Crippen LogP contribution in [0, 0.1) is 0 Å². The van der Waals surface area contributed by atoms with Crippen LogP contribution >= 0.6 is 12.4 Å². The molecule has 0 aliphatic carbocycles. The normalized spacial score (nSPS) is 8.38. The van der Waals surface area contributed by atoms with Gasteiger partial charge in [0.1, 0.15) is 0 Å². The van der Waals surface area contributed by atoms with Gasteiger partial charge in [-0.05, 0) is 6.42 Å². The molecule has 1 N–H and O–H groups in total. The summed E-state index contributed by atoms with van der Waals surface area (Å²) in [7, 11) is 0. The quantitative estimate of drug-likeness (QED) is 0.394. The monoisotopic (exact) mass is 209 g/mol. The van der Waals surface area contributed by atoms with Gasteiger partial charge >= 0.3 is 5.97 Å². The number of hydrogen-bond acceptors (Lipinski definition) is 3. The van der Waals surface area contributed by atoms with Crippen molar-refractivity contribution in [1.82, 2.24) is 5.48 Å². The first-order valence-corrected chi connectivity index (χ1v) is 4.20. The molecule has 0 bridgehead atoms. The van der Waals surface area contributed by atoms with Crippen molar-refractivity contribution in [3.63, 3.8) is 0 Å². The molecule has 0 fully saturated rings. The highest BCUT2D eigenvalue weighted by molar-refractivity contribution is 5.85. The van der Waals surface area contributed by atoms with Gasteiger partial charge in [-0.3, -0.25) is 4.79 Å². The number of rotatable bonds is 7. The van der Waals surface area contributed by atoms with Crippen LogP contribution in [0.1, 0.15) is 39.0 Å². The zero-order chi connectivity index (χ0) is 9.23. The third-order valence-corrected chi connectivity index (χ3v) is 1.46. The van der Waals surface area contributed by atoms with Crippen LogP contribution in [-0.2, 0) is 14.4 Å². The van der Waals surface area contributed by atoms with E-state index in [1.54, 1.807) is 0 Å². The third-order valence-electron chi connectivity index (χ3n) is 1.46. The van der Waals surface area contributed by atoms with E-state index in [1.807, 2.05) is 5.48 Å². The van der Waals surface area contributed by atoms with Crippen LogP contribution in [0.4, 0.5) is 0 Å². The minimum Gasteiger partial charge on any atom is -0.341 e. The molecule has 13 heavy (non-hydrogen) atoms. The maximum atomic E-state index is 10.7. The first-order valence-electron chi connectivity index (χ1n) is 4.20. The van der Waals surface area contributed by atoms with Crippen molar-refractivity contribution >= 4 is 24.8 Å². The molecular weight excluding hydrogens is 194 g/mol. The minimum absolute atomic E-state index is 0. The summed E-state index contributed by atoms with van der Waals surface area (Å²) in [5.41, 5.74) is 1.86. The smallest absolute Gasteiger partial charge is 0.332 e. The molecule has 0 spiro atoms. The molecule has 4 nitrogen and oxygen atoms in total. The SMILES string of the molecule is CCCCCCC(=O)ONC=O.Cl. The van der Waals surface area contributed by atoms with E-state index in [1.165, 1.54) is 0 Å². The van der Waals surface area contributed by atoms with E-state index in [-0.39, 0.29) is 18.4 Å². The molecule has 0 saturated carbocycles. The summed E-state index contributed by atoms with van der Waals surface area (Å²) in [5, 5.41) is 0. The van der Waals surface area contributed by atoms with Crippen molar-refractivity contribution in [1.29, 1.82) is 0 Å². The lowest BCUT2D eigenvalue weighted by molar-refractivity contribution is -0.154. The van der Waals surface area contributed by atoms with E-state index in [2.05, 4.69) is 11.8 Å². The van der Waals surface area contributed by atoms with Gasteiger partial charge in [0.25, 0.3) is 0 Å². The van der Waals surface area contributed by atoms with Crippen LogP contribution < -0.4 is 5.48 Å². The van der Waals surface area contributed by atoms with Gasteiger partial charge < -0.3 is 4.84 Å². The predicted octanol–water partition coefficient (Wildman–Crippen LogP) is 1.58. The van der Waals surface area contributed by atoms with Gasteiger partial charge in [0.05, 0.1) is 0 Å². The minimum atomic E-state index is -0.377. The Bertz CT molecular complexity index is 141. The second-order valence-corrected chi connectivity index (χ2v) is 2.52. The average Bonchev–Trinajstić information content (AvgIpc) is 2.09.